The van der Waals surface area contributed by atoms with E-state index in [1.807, 2.05) is 19.1 Å². The topological polar surface area (TPSA) is 83.8 Å². The average molecular weight is 230 g/mol. The first-order chi connectivity index (χ1) is 8.13. The molecule has 0 aliphatic heterocycles. The lowest BCUT2D eigenvalue weighted by Crippen LogP contribution is -2.14. The first-order valence-corrected chi connectivity index (χ1v) is 5.30. The van der Waals surface area contributed by atoms with E-state index < -0.39 is 0 Å². The number of benzene rings is 1. The predicted molar refractivity (Wildman–Crippen MR) is 66.5 cm³/mol. The summed E-state index contributed by atoms with van der Waals surface area (Å²) in [7, 11) is 0. The van der Waals surface area contributed by atoms with Gasteiger partial charge in [0.15, 0.2) is 5.82 Å². The standard InChI is InChI=1S/C12H14N4O/c1-8-6-11(16-15-8)14-12(17)7-9-2-4-10(13)5-3-9/h2-6H,7,13H2,1H3,(H2,14,15,16,17). The second kappa shape index (κ2) is 4.69. The first kappa shape index (κ1) is 11.2. The van der Waals surface area contributed by atoms with Gasteiger partial charge in [-0.25, -0.2) is 0 Å². The fourth-order valence-electron chi connectivity index (χ4n) is 1.49. The lowest BCUT2D eigenvalue weighted by atomic mass is 10.1. The van der Waals surface area contributed by atoms with E-state index in [1.54, 1.807) is 18.2 Å². The number of aromatic amines is 1. The third kappa shape index (κ3) is 3.07. The van der Waals surface area contributed by atoms with Crippen LogP contribution in [0, 0.1) is 6.92 Å². The van der Waals surface area contributed by atoms with Gasteiger partial charge in [0.2, 0.25) is 5.91 Å². The Balaban J connectivity index is 1.95. The van der Waals surface area contributed by atoms with E-state index in [2.05, 4.69) is 15.5 Å². The van der Waals surface area contributed by atoms with Gasteiger partial charge in [0.1, 0.15) is 0 Å². The van der Waals surface area contributed by atoms with Crippen LogP contribution in [0.15, 0.2) is 30.3 Å². The predicted octanol–water partition coefficient (Wildman–Crippen LogP) is 1.48. The molecule has 5 heteroatoms. The van der Waals surface area contributed by atoms with Gasteiger partial charge in [-0.1, -0.05) is 12.1 Å². The number of hydrogen-bond donors (Lipinski definition) is 3. The number of H-pyrrole nitrogens is 1. The smallest absolute Gasteiger partial charge is 0.229 e. The number of nitrogen functional groups attached to an aromatic ring is 1. The number of hydrogen-bond acceptors (Lipinski definition) is 3. The SMILES string of the molecule is Cc1cc(NC(=O)Cc2ccc(N)cc2)n[nH]1. The molecular weight excluding hydrogens is 216 g/mol. The second-order valence-electron chi connectivity index (χ2n) is 3.90. The van der Waals surface area contributed by atoms with E-state index in [4.69, 9.17) is 5.73 Å². The number of nitrogens with one attached hydrogen (secondary N) is 2. The third-order valence-electron chi connectivity index (χ3n) is 2.32. The fraction of sp³-hybridized carbons (Fsp3) is 0.167. The maximum Gasteiger partial charge on any atom is 0.229 e. The molecule has 0 atom stereocenters. The van der Waals surface area contributed by atoms with Gasteiger partial charge >= 0.3 is 0 Å². The molecule has 5 nitrogen and oxygen atoms in total. The van der Waals surface area contributed by atoms with Crippen molar-refractivity contribution in [2.45, 2.75) is 13.3 Å². The van der Waals surface area contributed by atoms with Crippen LogP contribution in [-0.4, -0.2) is 16.1 Å². The van der Waals surface area contributed by atoms with Crippen molar-refractivity contribution in [3.8, 4) is 0 Å². The zero-order valence-electron chi connectivity index (χ0n) is 9.53. The van der Waals surface area contributed by atoms with E-state index in [1.165, 1.54) is 0 Å². The Labute approximate surface area is 99.0 Å². The molecule has 0 bridgehead atoms. The summed E-state index contributed by atoms with van der Waals surface area (Å²) in [6, 6.07) is 9.01. The summed E-state index contributed by atoms with van der Waals surface area (Å²) in [5, 5.41) is 9.41. The minimum atomic E-state index is -0.0960. The van der Waals surface area contributed by atoms with Gasteiger partial charge < -0.3 is 11.1 Å². The highest BCUT2D eigenvalue weighted by molar-refractivity contribution is 5.91. The van der Waals surface area contributed by atoms with Crippen molar-refractivity contribution in [3.63, 3.8) is 0 Å². The van der Waals surface area contributed by atoms with E-state index >= 15 is 0 Å². The van der Waals surface area contributed by atoms with Crippen LogP contribution in [0.1, 0.15) is 11.3 Å². The normalized spacial score (nSPS) is 10.2. The summed E-state index contributed by atoms with van der Waals surface area (Å²) < 4.78 is 0. The highest BCUT2D eigenvalue weighted by Gasteiger charge is 2.05. The van der Waals surface area contributed by atoms with Crippen molar-refractivity contribution in [2.24, 2.45) is 0 Å². The molecule has 0 aliphatic carbocycles. The molecular formula is C12H14N4O. The van der Waals surface area contributed by atoms with Crippen molar-refractivity contribution >= 4 is 17.4 Å². The van der Waals surface area contributed by atoms with Crippen molar-refractivity contribution < 1.29 is 4.79 Å². The number of aryl methyl sites for hydroxylation is 1. The molecule has 1 amide bonds. The lowest BCUT2D eigenvalue weighted by Gasteiger charge is -2.02. The molecule has 2 aromatic rings. The Morgan fingerprint density at radius 1 is 1.41 bits per heavy atom. The number of nitrogens with two attached hydrogens (primary N) is 1. The molecule has 1 heterocycles. The van der Waals surface area contributed by atoms with Crippen molar-refractivity contribution in [2.75, 3.05) is 11.1 Å². The van der Waals surface area contributed by atoms with Crippen LogP contribution < -0.4 is 11.1 Å². The maximum absolute atomic E-state index is 11.7. The number of nitrogens with zero attached hydrogens (tertiary/aromatic N) is 1. The van der Waals surface area contributed by atoms with Crippen molar-refractivity contribution in [1.29, 1.82) is 0 Å². The molecule has 88 valence electrons. The number of anilines is 2. The Morgan fingerprint density at radius 2 is 2.12 bits per heavy atom. The maximum atomic E-state index is 11.7. The third-order valence-corrected chi connectivity index (χ3v) is 2.32. The molecule has 0 aliphatic rings. The Bertz CT molecular complexity index is 516. The molecule has 1 aromatic carbocycles. The van der Waals surface area contributed by atoms with Gasteiger partial charge in [0.05, 0.1) is 6.42 Å². The zero-order chi connectivity index (χ0) is 12.3. The Morgan fingerprint density at radius 3 is 2.71 bits per heavy atom. The highest BCUT2D eigenvalue weighted by atomic mass is 16.1. The van der Waals surface area contributed by atoms with E-state index in [0.717, 1.165) is 11.3 Å². The molecule has 4 N–H and O–H groups in total. The molecule has 17 heavy (non-hydrogen) atoms. The number of aromatic nitrogens is 2. The number of rotatable bonds is 3. The summed E-state index contributed by atoms with van der Waals surface area (Å²) in [5.74, 6) is 0.448. The minimum Gasteiger partial charge on any atom is -0.399 e. The van der Waals surface area contributed by atoms with Crippen LogP contribution >= 0.6 is 0 Å². The monoisotopic (exact) mass is 230 g/mol. The van der Waals surface area contributed by atoms with Gasteiger partial charge in [-0.2, -0.15) is 5.10 Å². The van der Waals surface area contributed by atoms with Crippen LogP contribution in [0.25, 0.3) is 0 Å². The minimum absolute atomic E-state index is 0.0960. The molecule has 0 fully saturated rings. The van der Waals surface area contributed by atoms with Gasteiger partial charge in [-0.15, -0.1) is 0 Å². The molecule has 0 saturated carbocycles. The van der Waals surface area contributed by atoms with E-state index in [-0.39, 0.29) is 5.91 Å². The summed E-state index contributed by atoms with van der Waals surface area (Å²) in [6.45, 7) is 1.88. The summed E-state index contributed by atoms with van der Waals surface area (Å²) in [5.41, 5.74) is 8.09. The van der Waals surface area contributed by atoms with Crippen molar-refractivity contribution in [1.82, 2.24) is 10.2 Å². The Kier molecular flexibility index (Phi) is 3.09. The van der Waals surface area contributed by atoms with Crippen LogP contribution in [0.5, 0.6) is 0 Å². The molecule has 0 saturated heterocycles. The van der Waals surface area contributed by atoms with Gasteiger partial charge in [0.25, 0.3) is 0 Å². The zero-order valence-corrected chi connectivity index (χ0v) is 9.53. The van der Waals surface area contributed by atoms with Crippen LogP contribution in [0.4, 0.5) is 11.5 Å². The first-order valence-electron chi connectivity index (χ1n) is 5.30. The molecule has 0 spiro atoms. The lowest BCUT2D eigenvalue weighted by molar-refractivity contribution is -0.115. The Hall–Kier alpha value is -2.30. The van der Waals surface area contributed by atoms with Crippen LogP contribution in [-0.2, 0) is 11.2 Å². The fourth-order valence-corrected chi connectivity index (χ4v) is 1.49. The molecule has 0 radical (unpaired) electrons. The van der Waals surface area contributed by atoms with Crippen LogP contribution in [0.3, 0.4) is 0 Å². The number of carbonyl (C=O) groups excluding carboxylic acids is 1. The summed E-state index contributed by atoms with van der Waals surface area (Å²) in [4.78, 5) is 11.7. The van der Waals surface area contributed by atoms with Gasteiger partial charge in [0, 0.05) is 17.4 Å². The molecule has 2 rings (SSSR count). The van der Waals surface area contributed by atoms with Crippen LogP contribution in [0.2, 0.25) is 0 Å². The number of amides is 1. The summed E-state index contributed by atoms with van der Waals surface area (Å²) >= 11 is 0. The average Bonchev–Trinajstić information content (AvgIpc) is 2.67. The quantitative estimate of drug-likeness (QED) is 0.698. The van der Waals surface area contributed by atoms with E-state index in [0.29, 0.717) is 17.9 Å². The van der Waals surface area contributed by atoms with Crippen molar-refractivity contribution in [3.05, 3.63) is 41.6 Å². The highest BCUT2D eigenvalue weighted by Crippen LogP contribution is 2.08. The second-order valence-corrected chi connectivity index (χ2v) is 3.90. The van der Waals surface area contributed by atoms with Gasteiger partial charge in [-0.05, 0) is 24.6 Å². The largest absolute Gasteiger partial charge is 0.399 e. The van der Waals surface area contributed by atoms with Gasteiger partial charge in [-0.3, -0.25) is 9.89 Å². The van der Waals surface area contributed by atoms with E-state index in [9.17, 15) is 4.79 Å². The number of carbonyl (C=O) groups is 1. The summed E-state index contributed by atoms with van der Waals surface area (Å²) in [6.07, 6.45) is 0.312. The molecule has 1 aromatic heterocycles. The molecule has 0 unspecified atom stereocenters.